The summed E-state index contributed by atoms with van der Waals surface area (Å²) in [4.78, 5) is 36.2. The first kappa shape index (κ1) is 18.4. The van der Waals surface area contributed by atoms with Crippen LogP contribution in [0.4, 0.5) is 0 Å². The van der Waals surface area contributed by atoms with E-state index in [1.165, 1.54) is 19.9 Å². The molecule has 1 unspecified atom stereocenters. The van der Waals surface area contributed by atoms with Gasteiger partial charge in [0.25, 0.3) is 0 Å². The van der Waals surface area contributed by atoms with Gasteiger partial charge in [0.05, 0.1) is 6.10 Å². The quantitative estimate of drug-likeness (QED) is 0.590. The molecule has 4 aliphatic carbocycles. The van der Waals surface area contributed by atoms with Gasteiger partial charge in [-0.1, -0.05) is 6.08 Å². The normalized spacial score (nSPS) is 36.6. The summed E-state index contributed by atoms with van der Waals surface area (Å²) < 4.78 is 10.7. The largest absolute Gasteiger partial charge is 0.411 e. The van der Waals surface area contributed by atoms with E-state index in [1.807, 2.05) is 6.08 Å². The van der Waals surface area contributed by atoms with Crippen molar-refractivity contribution in [1.29, 1.82) is 0 Å². The Kier molecular flexibility index (Phi) is 4.49. The molecule has 27 heavy (non-hydrogen) atoms. The van der Waals surface area contributed by atoms with Crippen molar-refractivity contribution < 1.29 is 29.0 Å². The minimum Gasteiger partial charge on any atom is -0.411 e. The maximum Gasteiger partial charge on any atom is 0.344 e. The van der Waals surface area contributed by atoms with Gasteiger partial charge in [0.1, 0.15) is 0 Å². The van der Waals surface area contributed by atoms with Crippen LogP contribution in [0.2, 0.25) is 0 Å². The molecule has 0 bridgehead atoms. The summed E-state index contributed by atoms with van der Waals surface area (Å²) in [5, 5.41) is 10.3. The van der Waals surface area contributed by atoms with E-state index < -0.39 is 23.5 Å². The van der Waals surface area contributed by atoms with Crippen molar-refractivity contribution in [2.45, 2.75) is 64.3 Å². The molecule has 0 aromatic carbocycles. The van der Waals surface area contributed by atoms with Gasteiger partial charge in [-0.2, -0.15) is 0 Å². The fourth-order valence-corrected chi connectivity index (χ4v) is 6.03. The predicted octanol–water partition coefficient (Wildman–Crippen LogP) is 2.45. The Morgan fingerprint density at radius 3 is 2.30 bits per heavy atom. The van der Waals surface area contributed by atoms with E-state index in [4.69, 9.17) is 9.47 Å². The third-order valence-electron chi connectivity index (χ3n) is 6.90. The molecular weight excluding hydrogens is 348 g/mol. The minimum atomic E-state index is -1.95. The highest BCUT2D eigenvalue weighted by Gasteiger charge is 2.55. The fourth-order valence-electron chi connectivity index (χ4n) is 6.03. The number of rotatable bonds is 2. The predicted molar refractivity (Wildman–Crippen MR) is 95.1 cm³/mol. The summed E-state index contributed by atoms with van der Waals surface area (Å²) >= 11 is 0. The van der Waals surface area contributed by atoms with Gasteiger partial charge in [-0.25, -0.2) is 0 Å². The van der Waals surface area contributed by atoms with Gasteiger partial charge in [0.15, 0.2) is 0 Å². The smallest absolute Gasteiger partial charge is 0.344 e. The number of hydrogen-bond donors (Lipinski definition) is 1. The number of aliphatic hydroxyl groups is 1. The number of carbonyl (C=O) groups excluding carboxylic acids is 3. The molecule has 6 heteroatoms. The maximum atomic E-state index is 12.7. The summed E-state index contributed by atoms with van der Waals surface area (Å²) in [6, 6.07) is 0. The highest BCUT2D eigenvalue weighted by molar-refractivity contribution is 6.03. The highest BCUT2D eigenvalue weighted by atomic mass is 16.7. The molecule has 0 aromatic rings. The van der Waals surface area contributed by atoms with E-state index >= 15 is 0 Å². The lowest BCUT2D eigenvalue weighted by molar-refractivity contribution is -0.212. The number of ketones is 1. The molecule has 4 aliphatic rings. The van der Waals surface area contributed by atoms with Gasteiger partial charge in [-0.3, -0.25) is 14.4 Å². The molecule has 0 heterocycles. The first-order chi connectivity index (χ1) is 12.8. The third kappa shape index (κ3) is 2.85. The van der Waals surface area contributed by atoms with Crippen molar-refractivity contribution in [3.05, 3.63) is 23.3 Å². The first-order valence-corrected chi connectivity index (χ1v) is 9.86. The molecule has 0 saturated heterocycles. The number of carbonyl (C=O) groups is 3. The zero-order valence-corrected chi connectivity index (χ0v) is 15.8. The van der Waals surface area contributed by atoms with Crippen LogP contribution in [0.15, 0.2) is 23.3 Å². The number of fused-ring (bicyclic) bond motifs is 4. The first-order valence-electron chi connectivity index (χ1n) is 9.86. The van der Waals surface area contributed by atoms with Crippen LogP contribution in [0, 0.1) is 23.7 Å². The Hall–Kier alpha value is -1.95. The molecule has 146 valence electrons. The molecular formula is C21H26O6. The summed E-state index contributed by atoms with van der Waals surface area (Å²) in [5.74, 6) is -2.22. The summed E-state index contributed by atoms with van der Waals surface area (Å²) in [7, 11) is 0. The lowest BCUT2D eigenvalue weighted by atomic mass is 9.59. The van der Waals surface area contributed by atoms with Crippen LogP contribution < -0.4 is 0 Å². The third-order valence-corrected chi connectivity index (χ3v) is 6.90. The van der Waals surface area contributed by atoms with E-state index in [0.29, 0.717) is 29.7 Å². The van der Waals surface area contributed by atoms with Crippen LogP contribution >= 0.6 is 0 Å². The SMILES string of the molecule is CC(=O)OC1(OC(C)=O)C(=O)C=CC2=C1CC[C@H]1[C@@H]3CCC(O)[C@H]3CC[C@H]21. The Labute approximate surface area is 158 Å². The summed E-state index contributed by atoms with van der Waals surface area (Å²) in [5.41, 5.74) is 1.60. The van der Waals surface area contributed by atoms with Gasteiger partial charge in [0.2, 0.25) is 5.78 Å². The van der Waals surface area contributed by atoms with E-state index in [-0.39, 0.29) is 12.0 Å². The van der Waals surface area contributed by atoms with Gasteiger partial charge in [0, 0.05) is 19.4 Å². The van der Waals surface area contributed by atoms with Crippen molar-refractivity contribution in [2.75, 3.05) is 0 Å². The lowest BCUT2D eigenvalue weighted by Gasteiger charge is -2.48. The van der Waals surface area contributed by atoms with Gasteiger partial charge >= 0.3 is 17.7 Å². The van der Waals surface area contributed by atoms with Gasteiger partial charge in [-0.05, 0) is 73.8 Å². The zero-order valence-electron chi connectivity index (χ0n) is 15.8. The Balaban J connectivity index is 1.74. The summed E-state index contributed by atoms with van der Waals surface area (Å²) in [6.07, 6.45) is 8.19. The van der Waals surface area contributed by atoms with Crippen molar-refractivity contribution in [3.8, 4) is 0 Å². The second-order valence-electron chi connectivity index (χ2n) is 8.29. The number of hydrogen-bond acceptors (Lipinski definition) is 6. The Morgan fingerprint density at radius 2 is 1.63 bits per heavy atom. The average Bonchev–Trinajstić information content (AvgIpc) is 2.98. The fraction of sp³-hybridized carbons (Fsp3) is 0.667. The maximum absolute atomic E-state index is 12.7. The molecule has 0 aromatic heterocycles. The van der Waals surface area contributed by atoms with E-state index in [0.717, 1.165) is 37.7 Å². The van der Waals surface area contributed by atoms with Crippen LogP contribution in [-0.4, -0.2) is 34.7 Å². The minimum absolute atomic E-state index is 0.198. The van der Waals surface area contributed by atoms with Crippen molar-refractivity contribution in [1.82, 2.24) is 0 Å². The molecule has 0 amide bonds. The molecule has 5 atom stereocenters. The van der Waals surface area contributed by atoms with Crippen LogP contribution in [-0.2, 0) is 23.9 Å². The lowest BCUT2D eigenvalue weighted by Crippen LogP contribution is -2.52. The summed E-state index contributed by atoms with van der Waals surface area (Å²) in [6.45, 7) is 2.43. The molecule has 2 saturated carbocycles. The van der Waals surface area contributed by atoms with Crippen LogP contribution in [0.1, 0.15) is 52.4 Å². The highest BCUT2D eigenvalue weighted by Crippen LogP contribution is 2.56. The van der Waals surface area contributed by atoms with Gasteiger partial charge < -0.3 is 14.6 Å². The topological polar surface area (TPSA) is 89.9 Å². The van der Waals surface area contributed by atoms with Crippen molar-refractivity contribution in [2.24, 2.45) is 23.7 Å². The average molecular weight is 374 g/mol. The molecule has 0 radical (unpaired) electrons. The molecule has 4 rings (SSSR count). The number of esters is 2. The van der Waals surface area contributed by atoms with Crippen LogP contribution in [0.3, 0.4) is 0 Å². The van der Waals surface area contributed by atoms with Crippen molar-refractivity contribution in [3.63, 3.8) is 0 Å². The molecule has 6 nitrogen and oxygen atoms in total. The second-order valence-corrected chi connectivity index (χ2v) is 8.29. The number of ether oxygens (including phenoxy) is 2. The van der Waals surface area contributed by atoms with Gasteiger partial charge in [-0.15, -0.1) is 0 Å². The Morgan fingerprint density at radius 1 is 0.963 bits per heavy atom. The number of allylic oxidation sites excluding steroid dienone is 2. The zero-order chi connectivity index (χ0) is 19.3. The molecule has 0 aliphatic heterocycles. The second kappa shape index (κ2) is 6.59. The van der Waals surface area contributed by atoms with Crippen LogP contribution in [0.5, 0.6) is 0 Å². The monoisotopic (exact) mass is 374 g/mol. The molecule has 1 N–H and O–H groups in total. The van der Waals surface area contributed by atoms with Crippen LogP contribution in [0.25, 0.3) is 0 Å². The van der Waals surface area contributed by atoms with E-state index in [2.05, 4.69) is 0 Å². The Bertz CT molecular complexity index is 732. The standard InChI is InChI=1S/C21H26O6/c1-11(22)26-21(27-12(2)23)18-8-5-13-14(16(18)7-10-20(21)25)3-4-17-15(13)6-9-19(17)24/h7,10,13-15,17,19,24H,3-6,8-9H2,1-2H3/t13-,14+,15+,17+,19?/m1/s1. The molecule has 0 spiro atoms. The van der Waals surface area contributed by atoms with E-state index in [1.54, 1.807) is 0 Å². The number of aliphatic hydroxyl groups excluding tert-OH is 1. The molecule has 2 fully saturated rings. The van der Waals surface area contributed by atoms with Crippen molar-refractivity contribution >= 4 is 17.7 Å². The van der Waals surface area contributed by atoms with E-state index in [9.17, 15) is 19.5 Å².